The first-order valence-corrected chi connectivity index (χ1v) is 7.87. The fraction of sp³-hybridized carbons (Fsp3) is 0.471. The molecule has 0 aromatic heterocycles. The molecule has 1 aromatic rings. The summed E-state index contributed by atoms with van der Waals surface area (Å²) in [5.41, 5.74) is 0.834. The number of ether oxygens (including phenoxy) is 1. The molecule has 0 heterocycles. The first kappa shape index (κ1) is 14.5. The van der Waals surface area contributed by atoms with Crippen molar-refractivity contribution in [3.8, 4) is 5.75 Å². The maximum absolute atomic E-state index is 12.4. The van der Waals surface area contributed by atoms with Crippen molar-refractivity contribution in [2.75, 3.05) is 13.7 Å². The minimum Gasteiger partial charge on any atom is -0.496 e. The molecule has 1 amide bonds. The molecule has 2 fully saturated rings. The summed E-state index contributed by atoms with van der Waals surface area (Å²) in [4.78, 5) is 14.4. The van der Waals surface area contributed by atoms with Crippen LogP contribution in [0.4, 0.5) is 0 Å². The van der Waals surface area contributed by atoms with E-state index in [1.165, 1.54) is 12.8 Å². The third kappa shape index (κ3) is 3.79. The van der Waals surface area contributed by atoms with Crippen molar-refractivity contribution < 1.29 is 9.53 Å². The Balaban J connectivity index is 1.71. The van der Waals surface area contributed by atoms with Crippen LogP contribution in [0.25, 0.3) is 6.08 Å². The Hall–Kier alpha value is -1.48. The second kappa shape index (κ2) is 6.10. The largest absolute Gasteiger partial charge is 0.496 e. The van der Waals surface area contributed by atoms with Gasteiger partial charge in [-0.25, -0.2) is 0 Å². The lowest BCUT2D eigenvalue weighted by molar-refractivity contribution is -0.126. The zero-order chi connectivity index (χ0) is 14.8. The summed E-state index contributed by atoms with van der Waals surface area (Å²) >= 11 is 6.00. The number of hydrogen-bond donors (Lipinski definition) is 0. The molecule has 3 rings (SSSR count). The van der Waals surface area contributed by atoms with Gasteiger partial charge < -0.3 is 9.64 Å². The lowest BCUT2D eigenvalue weighted by Crippen LogP contribution is -2.33. The zero-order valence-corrected chi connectivity index (χ0v) is 13.0. The fourth-order valence-corrected chi connectivity index (χ4v) is 2.66. The molecule has 0 N–H and O–H groups in total. The van der Waals surface area contributed by atoms with E-state index < -0.39 is 0 Å². The van der Waals surface area contributed by atoms with E-state index >= 15 is 0 Å². The third-order valence-electron chi connectivity index (χ3n) is 4.02. The molecule has 2 aliphatic rings. The Morgan fingerprint density at radius 2 is 2.14 bits per heavy atom. The number of nitrogens with zero attached hydrogens (tertiary/aromatic N) is 1. The molecule has 112 valence electrons. The molecule has 0 atom stereocenters. The molecule has 2 aliphatic carbocycles. The second-order valence-electron chi connectivity index (χ2n) is 5.88. The molecule has 21 heavy (non-hydrogen) atoms. The topological polar surface area (TPSA) is 29.5 Å². The molecule has 0 bridgehead atoms. The van der Waals surface area contributed by atoms with Gasteiger partial charge in [-0.3, -0.25) is 4.79 Å². The van der Waals surface area contributed by atoms with Crippen LogP contribution >= 0.6 is 11.6 Å². The van der Waals surface area contributed by atoms with Crippen LogP contribution in [0, 0.1) is 5.92 Å². The normalized spacial score (nSPS) is 18.0. The average Bonchev–Trinajstić information content (AvgIpc) is 3.36. The first-order chi connectivity index (χ1) is 10.2. The van der Waals surface area contributed by atoms with Crippen molar-refractivity contribution in [2.45, 2.75) is 31.7 Å². The number of carbonyl (C=O) groups excluding carboxylic acids is 1. The monoisotopic (exact) mass is 305 g/mol. The number of amides is 1. The van der Waals surface area contributed by atoms with Gasteiger partial charge in [-0.15, -0.1) is 0 Å². The summed E-state index contributed by atoms with van der Waals surface area (Å²) in [6.07, 6.45) is 8.27. The van der Waals surface area contributed by atoms with E-state index in [0.717, 1.165) is 36.6 Å². The molecule has 0 radical (unpaired) electrons. The minimum absolute atomic E-state index is 0.103. The summed E-state index contributed by atoms with van der Waals surface area (Å²) in [7, 11) is 1.62. The summed E-state index contributed by atoms with van der Waals surface area (Å²) in [5.74, 6) is 1.55. The highest BCUT2D eigenvalue weighted by Crippen LogP contribution is 2.35. The van der Waals surface area contributed by atoms with Crippen molar-refractivity contribution in [1.29, 1.82) is 0 Å². The van der Waals surface area contributed by atoms with E-state index in [4.69, 9.17) is 16.3 Å². The highest BCUT2D eigenvalue weighted by Gasteiger charge is 2.35. The highest BCUT2D eigenvalue weighted by molar-refractivity contribution is 6.30. The quantitative estimate of drug-likeness (QED) is 0.749. The minimum atomic E-state index is 0.103. The van der Waals surface area contributed by atoms with Crippen LogP contribution in [0.15, 0.2) is 24.3 Å². The van der Waals surface area contributed by atoms with Crippen molar-refractivity contribution in [3.63, 3.8) is 0 Å². The molecule has 2 saturated carbocycles. The van der Waals surface area contributed by atoms with E-state index in [1.807, 2.05) is 17.0 Å². The number of methoxy groups -OCH3 is 1. The molecule has 1 aromatic carbocycles. The summed E-state index contributed by atoms with van der Waals surface area (Å²) in [6, 6.07) is 5.87. The van der Waals surface area contributed by atoms with Crippen LogP contribution in [0.3, 0.4) is 0 Å². The van der Waals surface area contributed by atoms with Gasteiger partial charge in [0.25, 0.3) is 0 Å². The summed E-state index contributed by atoms with van der Waals surface area (Å²) in [6.45, 7) is 0.917. The van der Waals surface area contributed by atoms with Crippen LogP contribution in [0.1, 0.15) is 31.2 Å². The summed E-state index contributed by atoms with van der Waals surface area (Å²) < 4.78 is 5.29. The maximum Gasteiger partial charge on any atom is 0.246 e. The first-order valence-electron chi connectivity index (χ1n) is 7.49. The molecular formula is C17H20ClNO2. The van der Waals surface area contributed by atoms with Gasteiger partial charge >= 0.3 is 0 Å². The van der Waals surface area contributed by atoms with E-state index in [0.29, 0.717) is 11.1 Å². The fourth-order valence-electron chi connectivity index (χ4n) is 2.48. The number of benzene rings is 1. The standard InChI is InChI=1S/C17H20ClNO2/c1-21-16-8-5-14(18)10-13(16)4-9-17(20)19(15-6-7-15)11-12-2-3-12/h4-5,8-10,12,15H,2-3,6-7,11H2,1H3/b9-4+. The van der Waals surface area contributed by atoms with Crippen molar-refractivity contribution >= 4 is 23.6 Å². The Morgan fingerprint density at radius 1 is 1.38 bits per heavy atom. The van der Waals surface area contributed by atoms with Crippen LogP contribution < -0.4 is 4.74 Å². The molecule has 4 heteroatoms. The van der Waals surface area contributed by atoms with E-state index in [1.54, 1.807) is 25.3 Å². The molecule has 3 nitrogen and oxygen atoms in total. The van der Waals surface area contributed by atoms with Crippen LogP contribution in [-0.2, 0) is 4.79 Å². The summed E-state index contributed by atoms with van der Waals surface area (Å²) in [5, 5.41) is 0.639. The Labute approximate surface area is 130 Å². The van der Waals surface area contributed by atoms with Crippen LogP contribution in [0.5, 0.6) is 5.75 Å². The molecule has 0 aliphatic heterocycles. The van der Waals surface area contributed by atoms with Gasteiger partial charge in [0.1, 0.15) is 5.75 Å². The molecule has 0 unspecified atom stereocenters. The smallest absolute Gasteiger partial charge is 0.246 e. The number of halogens is 1. The van der Waals surface area contributed by atoms with Gasteiger partial charge in [-0.2, -0.15) is 0 Å². The van der Waals surface area contributed by atoms with Gasteiger partial charge in [0.15, 0.2) is 0 Å². The Bertz CT molecular complexity index is 562. The maximum atomic E-state index is 12.4. The Morgan fingerprint density at radius 3 is 2.76 bits per heavy atom. The van der Waals surface area contributed by atoms with Crippen molar-refractivity contribution in [1.82, 2.24) is 4.90 Å². The van der Waals surface area contributed by atoms with Gasteiger partial charge in [0.2, 0.25) is 5.91 Å². The average molecular weight is 306 g/mol. The van der Waals surface area contributed by atoms with Crippen LogP contribution in [0.2, 0.25) is 5.02 Å². The third-order valence-corrected chi connectivity index (χ3v) is 4.25. The van der Waals surface area contributed by atoms with E-state index in [2.05, 4.69) is 0 Å². The number of carbonyl (C=O) groups is 1. The lowest BCUT2D eigenvalue weighted by Gasteiger charge is -2.20. The molecule has 0 saturated heterocycles. The lowest BCUT2D eigenvalue weighted by atomic mass is 10.2. The van der Waals surface area contributed by atoms with Gasteiger partial charge in [-0.05, 0) is 55.9 Å². The zero-order valence-electron chi connectivity index (χ0n) is 12.2. The van der Waals surface area contributed by atoms with Crippen LogP contribution in [-0.4, -0.2) is 30.5 Å². The molecule has 0 spiro atoms. The van der Waals surface area contributed by atoms with Gasteiger partial charge in [0.05, 0.1) is 7.11 Å². The van der Waals surface area contributed by atoms with Gasteiger partial charge in [0, 0.05) is 29.2 Å². The number of hydrogen-bond acceptors (Lipinski definition) is 2. The van der Waals surface area contributed by atoms with Gasteiger partial charge in [-0.1, -0.05) is 11.6 Å². The second-order valence-corrected chi connectivity index (χ2v) is 6.32. The van der Waals surface area contributed by atoms with Crippen molar-refractivity contribution in [3.05, 3.63) is 34.9 Å². The predicted molar refractivity (Wildman–Crippen MR) is 84.5 cm³/mol. The molecular weight excluding hydrogens is 286 g/mol. The van der Waals surface area contributed by atoms with Crippen molar-refractivity contribution in [2.24, 2.45) is 5.92 Å². The van der Waals surface area contributed by atoms with E-state index in [-0.39, 0.29) is 5.91 Å². The Kier molecular flexibility index (Phi) is 4.20. The number of rotatable bonds is 6. The highest BCUT2D eigenvalue weighted by atomic mass is 35.5. The SMILES string of the molecule is COc1ccc(Cl)cc1/C=C/C(=O)N(CC1CC1)C1CC1. The predicted octanol–water partition coefficient (Wildman–Crippen LogP) is 3.76. The van der Waals surface area contributed by atoms with E-state index in [9.17, 15) is 4.79 Å².